The zero-order valence-corrected chi connectivity index (χ0v) is 8.05. The van der Waals surface area contributed by atoms with Crippen LogP contribution in [0, 0.1) is 0 Å². The van der Waals surface area contributed by atoms with Gasteiger partial charge in [0.1, 0.15) is 12.4 Å². The highest BCUT2D eigenvalue weighted by Gasteiger charge is 2.01. The number of amides is 1. The normalized spacial score (nSPS) is 11.9. The first-order valence-electron chi connectivity index (χ1n) is 3.91. The van der Waals surface area contributed by atoms with E-state index in [2.05, 4.69) is 10.3 Å². The highest BCUT2D eigenvalue weighted by atomic mass is 16.5. The van der Waals surface area contributed by atoms with Crippen molar-refractivity contribution in [2.45, 2.75) is 26.9 Å². The lowest BCUT2D eigenvalue weighted by Gasteiger charge is -2.09. The Labute approximate surface area is 73.0 Å². The summed E-state index contributed by atoms with van der Waals surface area (Å²) in [5.74, 6) is 0.444. The first-order valence-corrected chi connectivity index (χ1v) is 3.91. The predicted octanol–water partition coefficient (Wildman–Crippen LogP) is 0.576. The van der Waals surface area contributed by atoms with Gasteiger partial charge in [-0.25, -0.2) is 0 Å². The second-order valence-electron chi connectivity index (χ2n) is 2.71. The molecule has 0 fully saturated rings. The van der Waals surface area contributed by atoms with Crippen LogP contribution in [0.5, 0.6) is 0 Å². The van der Waals surface area contributed by atoms with E-state index in [9.17, 15) is 4.79 Å². The molecular formula is C8H16N2O2. The van der Waals surface area contributed by atoms with E-state index in [1.165, 1.54) is 6.92 Å². The second kappa shape index (κ2) is 5.71. The van der Waals surface area contributed by atoms with E-state index in [-0.39, 0.29) is 12.0 Å². The van der Waals surface area contributed by atoms with Gasteiger partial charge in [0, 0.05) is 14.0 Å². The van der Waals surface area contributed by atoms with Crippen LogP contribution >= 0.6 is 0 Å². The Morgan fingerprint density at radius 1 is 1.58 bits per heavy atom. The van der Waals surface area contributed by atoms with Crippen LogP contribution in [0.2, 0.25) is 0 Å². The average Bonchev–Trinajstić information content (AvgIpc) is 1.97. The van der Waals surface area contributed by atoms with Gasteiger partial charge in [-0.05, 0) is 13.8 Å². The number of hydrogen-bond acceptors (Lipinski definition) is 3. The molecule has 0 rings (SSSR count). The molecule has 0 aliphatic rings. The number of rotatable bonds is 3. The lowest BCUT2D eigenvalue weighted by atomic mass is 10.5. The van der Waals surface area contributed by atoms with E-state index in [4.69, 9.17) is 4.74 Å². The fraction of sp³-hybridized carbons (Fsp3) is 0.750. The summed E-state index contributed by atoms with van der Waals surface area (Å²) in [6.07, 6.45) is 0.149. The van der Waals surface area contributed by atoms with Crippen molar-refractivity contribution in [1.29, 1.82) is 0 Å². The Kier molecular flexibility index (Phi) is 5.28. The maximum Gasteiger partial charge on any atom is 0.222 e. The van der Waals surface area contributed by atoms with Crippen molar-refractivity contribution >= 4 is 11.7 Å². The summed E-state index contributed by atoms with van der Waals surface area (Å²) in [6.45, 7) is 5.66. The van der Waals surface area contributed by atoms with Gasteiger partial charge in [0.2, 0.25) is 5.91 Å². The van der Waals surface area contributed by atoms with Gasteiger partial charge in [-0.3, -0.25) is 9.79 Å². The van der Waals surface area contributed by atoms with E-state index in [1.54, 1.807) is 7.05 Å². The molecule has 70 valence electrons. The van der Waals surface area contributed by atoms with Gasteiger partial charge in [-0.1, -0.05) is 0 Å². The molecule has 0 atom stereocenters. The molecule has 0 unspecified atom stereocenters. The predicted molar refractivity (Wildman–Crippen MR) is 48.3 cm³/mol. The first-order chi connectivity index (χ1) is 5.56. The van der Waals surface area contributed by atoms with E-state index in [0.29, 0.717) is 12.4 Å². The molecule has 1 N–H and O–H groups in total. The molecule has 0 aliphatic carbocycles. The molecule has 4 nitrogen and oxygen atoms in total. The molecule has 0 spiro atoms. The highest BCUT2D eigenvalue weighted by Crippen LogP contribution is 1.87. The summed E-state index contributed by atoms with van der Waals surface area (Å²) in [5, 5.41) is 2.57. The van der Waals surface area contributed by atoms with Crippen LogP contribution in [0.4, 0.5) is 0 Å². The van der Waals surface area contributed by atoms with E-state index >= 15 is 0 Å². The van der Waals surface area contributed by atoms with Crippen LogP contribution in [0.1, 0.15) is 20.8 Å². The number of carbonyl (C=O) groups excluding carboxylic acids is 1. The van der Waals surface area contributed by atoms with Crippen molar-refractivity contribution in [1.82, 2.24) is 5.32 Å². The van der Waals surface area contributed by atoms with Crippen LogP contribution in [0.3, 0.4) is 0 Å². The minimum Gasteiger partial charge on any atom is -0.371 e. The molecule has 0 heterocycles. The summed E-state index contributed by atoms with van der Waals surface area (Å²) in [6, 6.07) is 0. The lowest BCUT2D eigenvalue weighted by molar-refractivity contribution is -0.117. The Balaban J connectivity index is 3.78. The van der Waals surface area contributed by atoms with E-state index < -0.39 is 0 Å². The van der Waals surface area contributed by atoms with Gasteiger partial charge < -0.3 is 10.1 Å². The van der Waals surface area contributed by atoms with Crippen LogP contribution < -0.4 is 5.32 Å². The molecule has 0 aliphatic heterocycles. The molecule has 12 heavy (non-hydrogen) atoms. The van der Waals surface area contributed by atoms with Crippen LogP contribution in [-0.4, -0.2) is 31.5 Å². The van der Waals surface area contributed by atoms with Gasteiger partial charge in [0.15, 0.2) is 0 Å². The summed E-state index contributed by atoms with van der Waals surface area (Å²) in [7, 11) is 1.62. The average molecular weight is 172 g/mol. The zero-order valence-electron chi connectivity index (χ0n) is 8.05. The Hall–Kier alpha value is -0.900. The van der Waals surface area contributed by atoms with Crippen molar-refractivity contribution < 1.29 is 9.53 Å². The van der Waals surface area contributed by atoms with Crippen molar-refractivity contribution in [3.63, 3.8) is 0 Å². The Morgan fingerprint density at radius 3 is 2.50 bits per heavy atom. The minimum absolute atomic E-state index is 0.122. The summed E-state index contributed by atoms with van der Waals surface area (Å²) in [5.41, 5.74) is 0. The van der Waals surface area contributed by atoms with Gasteiger partial charge >= 0.3 is 0 Å². The van der Waals surface area contributed by atoms with Crippen molar-refractivity contribution in [2.24, 2.45) is 4.99 Å². The second-order valence-corrected chi connectivity index (χ2v) is 2.71. The summed E-state index contributed by atoms with van der Waals surface area (Å²) in [4.78, 5) is 14.5. The Morgan fingerprint density at radius 2 is 2.17 bits per heavy atom. The maximum absolute atomic E-state index is 10.6. The fourth-order valence-corrected chi connectivity index (χ4v) is 0.605. The van der Waals surface area contributed by atoms with Gasteiger partial charge in [-0.2, -0.15) is 0 Å². The third-order valence-corrected chi connectivity index (χ3v) is 1.14. The largest absolute Gasteiger partial charge is 0.371 e. The summed E-state index contributed by atoms with van der Waals surface area (Å²) < 4.78 is 5.25. The quantitative estimate of drug-likeness (QED) is 0.500. The SMILES string of the molecule is C/N=C(/COC(C)C)NC(C)=O. The molecule has 4 heteroatoms. The number of carbonyl (C=O) groups is 1. The lowest BCUT2D eigenvalue weighted by Crippen LogP contribution is -2.32. The molecule has 0 radical (unpaired) electrons. The standard InChI is InChI=1S/C8H16N2O2/c1-6(2)12-5-8(9-4)10-7(3)11/h6H,5H2,1-4H3,(H,9,10,11). The van der Waals surface area contributed by atoms with Crippen LogP contribution in [0.25, 0.3) is 0 Å². The number of nitrogens with zero attached hydrogens (tertiary/aromatic N) is 1. The van der Waals surface area contributed by atoms with Gasteiger partial charge in [0.25, 0.3) is 0 Å². The van der Waals surface area contributed by atoms with Crippen LogP contribution in [-0.2, 0) is 9.53 Å². The molecule has 1 amide bonds. The molecule has 0 aromatic heterocycles. The van der Waals surface area contributed by atoms with Crippen molar-refractivity contribution in [3.8, 4) is 0 Å². The molecular weight excluding hydrogens is 156 g/mol. The number of nitrogens with one attached hydrogen (secondary N) is 1. The number of amidine groups is 1. The highest BCUT2D eigenvalue weighted by molar-refractivity contribution is 5.97. The third-order valence-electron chi connectivity index (χ3n) is 1.14. The van der Waals surface area contributed by atoms with Crippen LogP contribution in [0.15, 0.2) is 4.99 Å². The van der Waals surface area contributed by atoms with Crippen molar-refractivity contribution in [3.05, 3.63) is 0 Å². The fourth-order valence-electron chi connectivity index (χ4n) is 0.605. The van der Waals surface area contributed by atoms with Gasteiger partial charge in [0.05, 0.1) is 6.10 Å². The van der Waals surface area contributed by atoms with Gasteiger partial charge in [-0.15, -0.1) is 0 Å². The molecule has 0 saturated heterocycles. The monoisotopic (exact) mass is 172 g/mol. The van der Waals surface area contributed by atoms with E-state index in [0.717, 1.165) is 0 Å². The molecule has 0 saturated carbocycles. The van der Waals surface area contributed by atoms with Crippen molar-refractivity contribution in [2.75, 3.05) is 13.7 Å². The smallest absolute Gasteiger partial charge is 0.222 e. The Bertz CT molecular complexity index is 176. The zero-order chi connectivity index (χ0) is 9.56. The minimum atomic E-state index is -0.122. The first kappa shape index (κ1) is 11.1. The number of aliphatic imine (C=N–C) groups is 1. The van der Waals surface area contributed by atoms with E-state index in [1.807, 2.05) is 13.8 Å². The molecule has 0 bridgehead atoms. The molecule has 0 aromatic carbocycles. The number of hydrogen-bond donors (Lipinski definition) is 1. The third kappa shape index (κ3) is 5.85. The maximum atomic E-state index is 10.6. The molecule has 0 aromatic rings. The number of ether oxygens (including phenoxy) is 1. The summed E-state index contributed by atoms with van der Waals surface area (Å²) >= 11 is 0. The topological polar surface area (TPSA) is 50.7 Å².